The molecule has 0 aliphatic rings. The SMILES string of the molecule is CCC(CC)N(CCO)c1nc(N)nc(N(C)C)n1. The second kappa shape index (κ2) is 7.08. The number of aromatic nitrogens is 3. The third kappa shape index (κ3) is 3.92. The van der Waals surface area contributed by atoms with Gasteiger partial charge in [-0.25, -0.2) is 0 Å². The quantitative estimate of drug-likeness (QED) is 0.744. The van der Waals surface area contributed by atoms with Crippen molar-refractivity contribution in [3.05, 3.63) is 0 Å². The van der Waals surface area contributed by atoms with Crippen LogP contribution in [-0.2, 0) is 0 Å². The van der Waals surface area contributed by atoms with Crippen molar-refractivity contribution in [2.75, 3.05) is 42.8 Å². The summed E-state index contributed by atoms with van der Waals surface area (Å²) in [6.45, 7) is 4.76. The first kappa shape index (κ1) is 15.4. The van der Waals surface area contributed by atoms with Crippen LogP contribution in [0.2, 0.25) is 0 Å². The molecule has 7 heteroatoms. The summed E-state index contributed by atoms with van der Waals surface area (Å²) in [5.74, 6) is 1.25. The normalized spacial score (nSPS) is 10.8. The zero-order valence-corrected chi connectivity index (χ0v) is 12.2. The number of nitrogen functional groups attached to an aromatic ring is 1. The molecule has 0 atom stereocenters. The highest BCUT2D eigenvalue weighted by Crippen LogP contribution is 2.18. The lowest BCUT2D eigenvalue weighted by atomic mass is 10.1. The van der Waals surface area contributed by atoms with Gasteiger partial charge in [0.2, 0.25) is 17.8 Å². The number of nitrogens with two attached hydrogens (primary N) is 1. The van der Waals surface area contributed by atoms with Crippen LogP contribution in [0.4, 0.5) is 17.8 Å². The fraction of sp³-hybridized carbons (Fsp3) is 0.750. The van der Waals surface area contributed by atoms with Gasteiger partial charge in [-0.1, -0.05) is 13.8 Å². The Kier molecular flexibility index (Phi) is 5.75. The molecule has 0 spiro atoms. The molecule has 1 aromatic heterocycles. The molecule has 0 aliphatic carbocycles. The van der Waals surface area contributed by atoms with Crippen LogP contribution in [0.3, 0.4) is 0 Å². The minimum absolute atomic E-state index is 0.0549. The Labute approximate surface area is 114 Å². The first-order valence-corrected chi connectivity index (χ1v) is 6.59. The van der Waals surface area contributed by atoms with E-state index in [2.05, 4.69) is 28.8 Å². The van der Waals surface area contributed by atoms with Crippen LogP contribution in [-0.4, -0.2) is 53.3 Å². The maximum atomic E-state index is 9.23. The predicted molar refractivity (Wildman–Crippen MR) is 77.4 cm³/mol. The van der Waals surface area contributed by atoms with Gasteiger partial charge >= 0.3 is 0 Å². The number of aliphatic hydroxyl groups excluding tert-OH is 1. The predicted octanol–water partition coefficient (Wildman–Crippen LogP) is 0.507. The zero-order valence-electron chi connectivity index (χ0n) is 12.2. The van der Waals surface area contributed by atoms with E-state index in [9.17, 15) is 5.11 Å². The van der Waals surface area contributed by atoms with Crippen LogP contribution in [0.1, 0.15) is 26.7 Å². The van der Waals surface area contributed by atoms with Crippen molar-refractivity contribution in [1.29, 1.82) is 0 Å². The fourth-order valence-corrected chi connectivity index (χ4v) is 1.98. The van der Waals surface area contributed by atoms with Crippen LogP contribution in [0.25, 0.3) is 0 Å². The molecule has 3 N–H and O–H groups in total. The lowest BCUT2D eigenvalue weighted by Gasteiger charge is -2.30. The van der Waals surface area contributed by atoms with E-state index in [0.29, 0.717) is 18.4 Å². The Morgan fingerprint density at radius 2 is 1.68 bits per heavy atom. The van der Waals surface area contributed by atoms with Gasteiger partial charge in [0.25, 0.3) is 0 Å². The molecule has 108 valence electrons. The highest BCUT2D eigenvalue weighted by Gasteiger charge is 2.19. The summed E-state index contributed by atoms with van der Waals surface area (Å²) < 4.78 is 0. The van der Waals surface area contributed by atoms with Gasteiger partial charge in [0, 0.05) is 26.7 Å². The van der Waals surface area contributed by atoms with Crippen molar-refractivity contribution in [3.8, 4) is 0 Å². The number of rotatable bonds is 7. The van der Waals surface area contributed by atoms with Crippen LogP contribution in [0, 0.1) is 0 Å². The lowest BCUT2D eigenvalue weighted by Crippen LogP contribution is -2.38. The molecule has 1 aromatic rings. The van der Waals surface area contributed by atoms with Crippen molar-refractivity contribution in [2.45, 2.75) is 32.7 Å². The molecule has 1 rings (SSSR count). The average molecular weight is 268 g/mol. The van der Waals surface area contributed by atoms with Crippen LogP contribution in [0.15, 0.2) is 0 Å². The van der Waals surface area contributed by atoms with Crippen molar-refractivity contribution in [2.24, 2.45) is 0 Å². The molecule has 0 unspecified atom stereocenters. The molecule has 1 heterocycles. The molecular formula is C12H24N6O. The van der Waals surface area contributed by atoms with Gasteiger partial charge in [0.05, 0.1) is 6.61 Å². The van der Waals surface area contributed by atoms with Gasteiger partial charge in [-0.15, -0.1) is 0 Å². The fourth-order valence-electron chi connectivity index (χ4n) is 1.98. The van der Waals surface area contributed by atoms with Crippen LogP contribution >= 0.6 is 0 Å². The molecule has 0 aromatic carbocycles. The molecule has 19 heavy (non-hydrogen) atoms. The maximum Gasteiger partial charge on any atom is 0.232 e. The van der Waals surface area contributed by atoms with Gasteiger partial charge < -0.3 is 20.6 Å². The summed E-state index contributed by atoms with van der Waals surface area (Å²) in [5.41, 5.74) is 5.74. The monoisotopic (exact) mass is 268 g/mol. The van der Waals surface area contributed by atoms with E-state index in [-0.39, 0.29) is 18.6 Å². The third-order valence-corrected chi connectivity index (χ3v) is 3.01. The summed E-state index contributed by atoms with van der Waals surface area (Å²) in [6.07, 6.45) is 1.92. The smallest absolute Gasteiger partial charge is 0.232 e. The number of hydrogen-bond acceptors (Lipinski definition) is 7. The Morgan fingerprint density at radius 1 is 1.11 bits per heavy atom. The van der Waals surface area contributed by atoms with Crippen molar-refractivity contribution >= 4 is 17.8 Å². The van der Waals surface area contributed by atoms with Gasteiger partial charge in [0.1, 0.15) is 0 Å². The number of hydrogen-bond donors (Lipinski definition) is 2. The Bertz CT molecular complexity index is 394. The van der Waals surface area contributed by atoms with E-state index in [4.69, 9.17) is 5.73 Å². The first-order valence-electron chi connectivity index (χ1n) is 6.59. The van der Waals surface area contributed by atoms with Gasteiger partial charge in [-0.3, -0.25) is 0 Å². The summed E-state index contributed by atoms with van der Waals surface area (Å²) in [6, 6.07) is 0.281. The molecule has 0 saturated heterocycles. The third-order valence-electron chi connectivity index (χ3n) is 3.01. The van der Waals surface area contributed by atoms with Crippen molar-refractivity contribution in [1.82, 2.24) is 15.0 Å². The zero-order chi connectivity index (χ0) is 14.4. The minimum atomic E-state index is 0.0549. The number of anilines is 3. The molecule has 0 fully saturated rings. The highest BCUT2D eigenvalue weighted by molar-refractivity contribution is 5.43. The molecule has 7 nitrogen and oxygen atoms in total. The summed E-state index contributed by atoms with van der Waals surface area (Å²) >= 11 is 0. The molecule has 0 aliphatic heterocycles. The van der Waals surface area contributed by atoms with E-state index in [1.54, 1.807) is 4.90 Å². The maximum absolute atomic E-state index is 9.23. The van der Waals surface area contributed by atoms with E-state index >= 15 is 0 Å². The Hall–Kier alpha value is -1.63. The molecule has 0 amide bonds. The molecular weight excluding hydrogens is 244 g/mol. The van der Waals surface area contributed by atoms with Gasteiger partial charge in [0.15, 0.2) is 0 Å². The van der Waals surface area contributed by atoms with E-state index < -0.39 is 0 Å². The molecule has 0 bridgehead atoms. The van der Waals surface area contributed by atoms with E-state index in [1.807, 2.05) is 19.0 Å². The summed E-state index contributed by atoms with van der Waals surface area (Å²) in [5, 5.41) is 9.23. The highest BCUT2D eigenvalue weighted by atomic mass is 16.3. The van der Waals surface area contributed by atoms with Gasteiger partial charge in [-0.05, 0) is 12.8 Å². The van der Waals surface area contributed by atoms with E-state index in [1.165, 1.54) is 0 Å². The van der Waals surface area contributed by atoms with E-state index in [0.717, 1.165) is 12.8 Å². The summed E-state index contributed by atoms with van der Waals surface area (Å²) in [7, 11) is 3.71. The molecule has 0 saturated carbocycles. The largest absolute Gasteiger partial charge is 0.395 e. The topological polar surface area (TPSA) is 91.4 Å². The second-order valence-electron chi connectivity index (χ2n) is 4.58. The number of nitrogens with zero attached hydrogens (tertiary/aromatic N) is 5. The second-order valence-corrected chi connectivity index (χ2v) is 4.58. The lowest BCUT2D eigenvalue weighted by molar-refractivity contribution is 0.295. The van der Waals surface area contributed by atoms with Crippen molar-refractivity contribution in [3.63, 3.8) is 0 Å². The average Bonchev–Trinajstić information content (AvgIpc) is 2.38. The minimum Gasteiger partial charge on any atom is -0.395 e. The van der Waals surface area contributed by atoms with Gasteiger partial charge in [-0.2, -0.15) is 15.0 Å². The number of aliphatic hydroxyl groups is 1. The van der Waals surface area contributed by atoms with Crippen LogP contribution < -0.4 is 15.5 Å². The Balaban J connectivity index is 3.14. The first-order chi connectivity index (χ1) is 9.03. The Morgan fingerprint density at radius 3 is 2.16 bits per heavy atom. The van der Waals surface area contributed by atoms with Crippen molar-refractivity contribution < 1.29 is 5.11 Å². The van der Waals surface area contributed by atoms with Crippen LogP contribution in [0.5, 0.6) is 0 Å². The molecule has 0 radical (unpaired) electrons. The summed E-state index contributed by atoms with van der Waals surface area (Å²) in [4.78, 5) is 16.5. The standard InChI is InChI=1S/C12H24N6O/c1-5-9(6-2)18(7-8-19)12-15-10(13)14-11(16-12)17(3)4/h9,19H,5-8H2,1-4H3,(H2,13,14,15,16).